The van der Waals surface area contributed by atoms with Gasteiger partial charge in [0, 0.05) is 6.54 Å². The average molecular weight is 325 g/mol. The number of benzene rings is 2. The van der Waals surface area contributed by atoms with Gasteiger partial charge in [0.25, 0.3) is 0 Å². The number of nitrogens with two attached hydrogens (primary N) is 1. The summed E-state index contributed by atoms with van der Waals surface area (Å²) < 4.78 is 0. The third-order valence-electron chi connectivity index (χ3n) is 4.02. The molecule has 2 amide bonds. The fraction of sp³-hybridized carbons (Fsp3) is 0.263. The van der Waals surface area contributed by atoms with Crippen molar-refractivity contribution in [2.75, 3.05) is 7.05 Å². The molecule has 0 aliphatic carbocycles. The van der Waals surface area contributed by atoms with Crippen molar-refractivity contribution >= 4 is 11.8 Å². The van der Waals surface area contributed by atoms with Crippen LogP contribution in [0.5, 0.6) is 0 Å². The molecule has 0 aliphatic rings. The molecule has 0 saturated carbocycles. The Morgan fingerprint density at radius 2 is 1.58 bits per heavy atom. The lowest BCUT2D eigenvalue weighted by Gasteiger charge is -2.26. The Kier molecular flexibility index (Phi) is 6.09. The SMILES string of the molecule is C[C@H](C(=O)N[C@@H](C(N)=O)c1ccccc1)N(C)Cc1ccccc1. The molecule has 0 heterocycles. The first kappa shape index (κ1) is 17.7. The molecule has 2 aromatic rings. The highest BCUT2D eigenvalue weighted by molar-refractivity contribution is 5.89. The summed E-state index contributed by atoms with van der Waals surface area (Å²) in [5, 5.41) is 2.74. The average Bonchev–Trinajstić information content (AvgIpc) is 2.60. The zero-order valence-electron chi connectivity index (χ0n) is 14.0. The molecule has 126 valence electrons. The number of likely N-dealkylation sites (N-methyl/N-ethyl adjacent to an activating group) is 1. The molecule has 0 spiro atoms. The molecular weight excluding hydrogens is 302 g/mol. The number of amides is 2. The summed E-state index contributed by atoms with van der Waals surface area (Å²) in [5.74, 6) is -0.812. The molecule has 0 aromatic heterocycles. The number of nitrogens with one attached hydrogen (secondary N) is 1. The number of nitrogens with zero attached hydrogens (tertiary/aromatic N) is 1. The normalized spacial score (nSPS) is 13.3. The Hall–Kier alpha value is -2.66. The van der Waals surface area contributed by atoms with Crippen LogP contribution in [0.1, 0.15) is 24.1 Å². The molecular formula is C19H23N3O2. The second-order valence-electron chi connectivity index (χ2n) is 5.83. The van der Waals surface area contributed by atoms with Gasteiger partial charge in [-0.15, -0.1) is 0 Å². The molecule has 24 heavy (non-hydrogen) atoms. The Balaban J connectivity index is 2.02. The monoisotopic (exact) mass is 325 g/mol. The number of primary amides is 1. The van der Waals surface area contributed by atoms with Crippen LogP contribution >= 0.6 is 0 Å². The van der Waals surface area contributed by atoms with E-state index in [9.17, 15) is 9.59 Å². The lowest BCUT2D eigenvalue weighted by molar-refractivity contribution is -0.130. The summed E-state index contributed by atoms with van der Waals surface area (Å²) in [7, 11) is 1.87. The first-order chi connectivity index (χ1) is 11.5. The Morgan fingerprint density at radius 3 is 2.12 bits per heavy atom. The molecule has 3 N–H and O–H groups in total. The van der Waals surface area contributed by atoms with E-state index in [2.05, 4.69) is 5.32 Å². The van der Waals surface area contributed by atoms with Crippen LogP contribution in [-0.2, 0) is 16.1 Å². The minimum atomic E-state index is -0.828. The van der Waals surface area contributed by atoms with Gasteiger partial charge in [0.2, 0.25) is 11.8 Å². The minimum Gasteiger partial charge on any atom is -0.368 e. The smallest absolute Gasteiger partial charge is 0.244 e. The first-order valence-corrected chi connectivity index (χ1v) is 7.88. The van der Waals surface area contributed by atoms with Gasteiger partial charge >= 0.3 is 0 Å². The predicted molar refractivity (Wildman–Crippen MR) is 93.9 cm³/mol. The minimum absolute atomic E-state index is 0.235. The van der Waals surface area contributed by atoms with Crippen molar-refractivity contribution in [1.29, 1.82) is 0 Å². The second-order valence-corrected chi connectivity index (χ2v) is 5.83. The van der Waals surface area contributed by atoms with Gasteiger partial charge in [0.15, 0.2) is 0 Å². The largest absolute Gasteiger partial charge is 0.368 e. The van der Waals surface area contributed by atoms with Crippen molar-refractivity contribution in [2.24, 2.45) is 5.73 Å². The maximum absolute atomic E-state index is 12.5. The summed E-state index contributed by atoms with van der Waals surface area (Å²) in [6.07, 6.45) is 0. The van der Waals surface area contributed by atoms with Crippen LogP contribution in [0, 0.1) is 0 Å². The number of rotatable bonds is 7. The van der Waals surface area contributed by atoms with Crippen LogP contribution in [0.15, 0.2) is 60.7 Å². The van der Waals surface area contributed by atoms with E-state index >= 15 is 0 Å². The van der Waals surface area contributed by atoms with Gasteiger partial charge in [-0.05, 0) is 25.1 Å². The molecule has 0 bridgehead atoms. The van der Waals surface area contributed by atoms with Gasteiger partial charge in [-0.1, -0.05) is 60.7 Å². The molecule has 2 atom stereocenters. The van der Waals surface area contributed by atoms with E-state index in [-0.39, 0.29) is 5.91 Å². The highest BCUT2D eigenvalue weighted by atomic mass is 16.2. The standard InChI is InChI=1S/C19H23N3O2/c1-14(22(2)13-15-9-5-3-6-10-15)19(24)21-17(18(20)23)16-11-7-4-8-12-16/h3-12,14,17H,13H2,1-2H3,(H2,20,23)(H,21,24)/t14-,17-/m1/s1. The summed E-state index contributed by atoms with van der Waals surface area (Å²) in [5.41, 5.74) is 7.25. The second kappa shape index (κ2) is 8.26. The van der Waals surface area contributed by atoms with E-state index in [1.54, 1.807) is 19.1 Å². The topological polar surface area (TPSA) is 75.4 Å². The van der Waals surface area contributed by atoms with Crippen LogP contribution in [0.4, 0.5) is 0 Å². The molecule has 0 radical (unpaired) electrons. The molecule has 0 fully saturated rings. The highest BCUT2D eigenvalue weighted by Crippen LogP contribution is 2.13. The van der Waals surface area contributed by atoms with Crippen LogP contribution in [0.2, 0.25) is 0 Å². The van der Waals surface area contributed by atoms with Gasteiger partial charge in [-0.25, -0.2) is 0 Å². The van der Waals surface area contributed by atoms with Gasteiger partial charge in [0.1, 0.15) is 6.04 Å². The fourth-order valence-electron chi connectivity index (χ4n) is 2.44. The lowest BCUT2D eigenvalue weighted by atomic mass is 10.1. The van der Waals surface area contributed by atoms with E-state index in [4.69, 9.17) is 5.73 Å². The maximum Gasteiger partial charge on any atom is 0.244 e. The van der Waals surface area contributed by atoms with E-state index in [0.29, 0.717) is 12.1 Å². The van der Waals surface area contributed by atoms with Crippen molar-refractivity contribution in [2.45, 2.75) is 25.6 Å². The zero-order chi connectivity index (χ0) is 17.5. The third kappa shape index (κ3) is 4.67. The molecule has 0 unspecified atom stereocenters. The summed E-state index contributed by atoms with van der Waals surface area (Å²) in [6.45, 7) is 2.45. The Morgan fingerprint density at radius 1 is 1.04 bits per heavy atom. The number of hydrogen-bond donors (Lipinski definition) is 2. The predicted octanol–water partition coefficient (Wildman–Crippen LogP) is 1.85. The van der Waals surface area contributed by atoms with Crippen molar-refractivity contribution in [1.82, 2.24) is 10.2 Å². The highest BCUT2D eigenvalue weighted by Gasteiger charge is 2.25. The number of carbonyl (C=O) groups excluding carboxylic acids is 2. The van der Waals surface area contributed by atoms with Gasteiger partial charge in [0.05, 0.1) is 6.04 Å². The number of hydrogen-bond acceptors (Lipinski definition) is 3. The van der Waals surface area contributed by atoms with E-state index in [1.807, 2.05) is 60.5 Å². The zero-order valence-corrected chi connectivity index (χ0v) is 14.0. The van der Waals surface area contributed by atoms with E-state index in [0.717, 1.165) is 5.56 Å². The number of carbonyl (C=O) groups is 2. The van der Waals surface area contributed by atoms with Crippen LogP contribution in [0.3, 0.4) is 0 Å². The Bertz CT molecular complexity index is 674. The third-order valence-corrected chi connectivity index (χ3v) is 4.02. The van der Waals surface area contributed by atoms with Gasteiger partial charge in [-0.3, -0.25) is 14.5 Å². The van der Waals surface area contributed by atoms with Crippen LogP contribution in [0.25, 0.3) is 0 Å². The van der Waals surface area contributed by atoms with Crippen molar-refractivity contribution in [3.8, 4) is 0 Å². The molecule has 0 aliphatic heterocycles. The quantitative estimate of drug-likeness (QED) is 0.816. The molecule has 5 heteroatoms. The Labute approximate surface area is 142 Å². The first-order valence-electron chi connectivity index (χ1n) is 7.88. The van der Waals surface area contributed by atoms with Crippen molar-refractivity contribution in [3.63, 3.8) is 0 Å². The van der Waals surface area contributed by atoms with Crippen molar-refractivity contribution < 1.29 is 9.59 Å². The van der Waals surface area contributed by atoms with Gasteiger partial charge < -0.3 is 11.1 Å². The van der Waals surface area contributed by atoms with Gasteiger partial charge in [-0.2, -0.15) is 0 Å². The molecule has 5 nitrogen and oxygen atoms in total. The summed E-state index contributed by atoms with van der Waals surface area (Å²) in [6, 6.07) is 17.7. The fourth-order valence-corrected chi connectivity index (χ4v) is 2.44. The maximum atomic E-state index is 12.5. The molecule has 2 aromatic carbocycles. The lowest BCUT2D eigenvalue weighted by Crippen LogP contribution is -2.47. The summed E-state index contributed by atoms with van der Waals surface area (Å²) in [4.78, 5) is 26.1. The van der Waals surface area contributed by atoms with Crippen LogP contribution < -0.4 is 11.1 Å². The van der Waals surface area contributed by atoms with Crippen molar-refractivity contribution in [3.05, 3.63) is 71.8 Å². The summed E-state index contributed by atoms with van der Waals surface area (Å²) >= 11 is 0. The molecule has 0 saturated heterocycles. The van der Waals surface area contributed by atoms with E-state index in [1.165, 1.54) is 0 Å². The molecule has 2 rings (SSSR count). The van der Waals surface area contributed by atoms with E-state index < -0.39 is 18.0 Å². The van der Waals surface area contributed by atoms with Crippen LogP contribution in [-0.4, -0.2) is 29.8 Å².